The number of esters is 1. The molecule has 116 valence electrons. The summed E-state index contributed by atoms with van der Waals surface area (Å²) in [6.07, 6.45) is -3.31. The molecule has 0 atom stereocenters. The molecule has 0 bridgehead atoms. The first-order valence-electron chi connectivity index (χ1n) is 6.86. The highest BCUT2D eigenvalue weighted by molar-refractivity contribution is 5.91. The standard InChI is InChI=1S/C17H15F3O2/c18-17(19,20)15-11-5-4-10-14(15)16(21)22-12-6-9-13-7-2-1-3-8-13/h1-5,7-8,10-11H,6,9,12H2. The van der Waals surface area contributed by atoms with E-state index in [1.165, 1.54) is 12.1 Å². The number of alkyl halides is 3. The predicted molar refractivity (Wildman–Crippen MR) is 76.5 cm³/mol. The minimum atomic E-state index is -4.57. The molecule has 2 aromatic carbocycles. The first-order chi connectivity index (χ1) is 10.5. The normalized spacial score (nSPS) is 11.2. The van der Waals surface area contributed by atoms with Crippen molar-refractivity contribution in [2.45, 2.75) is 19.0 Å². The molecule has 0 spiro atoms. The molecular weight excluding hydrogens is 293 g/mol. The van der Waals surface area contributed by atoms with Crippen molar-refractivity contribution in [3.63, 3.8) is 0 Å². The van der Waals surface area contributed by atoms with Crippen LogP contribution in [-0.2, 0) is 17.3 Å². The quantitative estimate of drug-likeness (QED) is 0.600. The summed E-state index contributed by atoms with van der Waals surface area (Å²) in [4.78, 5) is 11.8. The van der Waals surface area contributed by atoms with Crippen LogP contribution in [0.1, 0.15) is 27.9 Å². The molecule has 0 fully saturated rings. The second kappa shape index (κ2) is 7.11. The van der Waals surface area contributed by atoms with Gasteiger partial charge in [0, 0.05) is 0 Å². The van der Waals surface area contributed by atoms with Crippen LogP contribution in [0.25, 0.3) is 0 Å². The third-order valence-electron chi connectivity index (χ3n) is 3.14. The first kappa shape index (κ1) is 16.1. The number of hydrogen-bond acceptors (Lipinski definition) is 2. The molecule has 2 nitrogen and oxygen atoms in total. The van der Waals surface area contributed by atoms with E-state index in [2.05, 4.69) is 0 Å². The van der Waals surface area contributed by atoms with Gasteiger partial charge in [0.1, 0.15) is 0 Å². The Balaban J connectivity index is 1.91. The van der Waals surface area contributed by atoms with E-state index in [9.17, 15) is 18.0 Å². The van der Waals surface area contributed by atoms with Gasteiger partial charge in [0.2, 0.25) is 0 Å². The molecule has 0 unspecified atom stereocenters. The molecule has 0 aliphatic rings. The van der Waals surface area contributed by atoms with Gasteiger partial charge in [-0.05, 0) is 30.5 Å². The molecule has 0 N–H and O–H groups in total. The van der Waals surface area contributed by atoms with Crippen molar-refractivity contribution >= 4 is 5.97 Å². The van der Waals surface area contributed by atoms with Gasteiger partial charge in [-0.1, -0.05) is 42.5 Å². The lowest BCUT2D eigenvalue weighted by molar-refractivity contribution is -0.138. The van der Waals surface area contributed by atoms with Crippen molar-refractivity contribution in [2.24, 2.45) is 0 Å². The van der Waals surface area contributed by atoms with E-state index in [1.54, 1.807) is 0 Å². The van der Waals surface area contributed by atoms with Crippen LogP contribution in [0.3, 0.4) is 0 Å². The molecular formula is C17H15F3O2. The number of benzene rings is 2. The molecule has 2 aromatic rings. The zero-order chi connectivity index (χ0) is 16.0. The molecule has 0 amide bonds. The summed E-state index contributed by atoms with van der Waals surface area (Å²) in [5.74, 6) is -0.944. The van der Waals surface area contributed by atoms with E-state index in [1.807, 2.05) is 30.3 Å². The minimum Gasteiger partial charge on any atom is -0.462 e. The van der Waals surface area contributed by atoms with Crippen LogP contribution >= 0.6 is 0 Å². The summed E-state index contributed by atoms with van der Waals surface area (Å²) in [5, 5.41) is 0. The van der Waals surface area contributed by atoms with Crippen molar-refractivity contribution in [3.8, 4) is 0 Å². The Morgan fingerprint density at radius 2 is 1.59 bits per heavy atom. The predicted octanol–water partition coefficient (Wildman–Crippen LogP) is 4.50. The molecule has 5 heteroatoms. The fourth-order valence-corrected chi connectivity index (χ4v) is 2.07. The van der Waals surface area contributed by atoms with Crippen LogP contribution in [0.5, 0.6) is 0 Å². The smallest absolute Gasteiger partial charge is 0.417 e. The SMILES string of the molecule is O=C(OCCCc1ccccc1)c1ccccc1C(F)(F)F. The van der Waals surface area contributed by atoms with Crippen LogP contribution in [0.2, 0.25) is 0 Å². The van der Waals surface area contributed by atoms with Crippen LogP contribution in [0.4, 0.5) is 13.2 Å². The minimum absolute atomic E-state index is 0.0833. The monoisotopic (exact) mass is 308 g/mol. The molecule has 0 aromatic heterocycles. The summed E-state index contributed by atoms with van der Waals surface area (Å²) in [5.41, 5.74) is -0.327. The van der Waals surface area contributed by atoms with E-state index in [0.717, 1.165) is 17.7 Å². The topological polar surface area (TPSA) is 26.3 Å². The molecule has 2 rings (SSSR count). The van der Waals surface area contributed by atoms with Gasteiger partial charge in [-0.15, -0.1) is 0 Å². The summed E-state index contributed by atoms with van der Waals surface area (Å²) >= 11 is 0. The average molecular weight is 308 g/mol. The lowest BCUT2D eigenvalue weighted by Gasteiger charge is -2.12. The lowest BCUT2D eigenvalue weighted by atomic mass is 10.1. The summed E-state index contributed by atoms with van der Waals surface area (Å²) in [6, 6.07) is 14.2. The Morgan fingerprint density at radius 1 is 0.955 bits per heavy atom. The van der Waals surface area contributed by atoms with Crippen molar-refractivity contribution in [2.75, 3.05) is 6.61 Å². The van der Waals surface area contributed by atoms with Crippen molar-refractivity contribution in [1.82, 2.24) is 0 Å². The second-order valence-corrected chi connectivity index (χ2v) is 4.77. The van der Waals surface area contributed by atoms with E-state index in [4.69, 9.17) is 4.74 Å². The maximum absolute atomic E-state index is 12.8. The number of halogens is 3. The maximum atomic E-state index is 12.8. The molecule has 0 radical (unpaired) electrons. The highest BCUT2D eigenvalue weighted by atomic mass is 19.4. The largest absolute Gasteiger partial charge is 0.462 e. The van der Waals surface area contributed by atoms with Crippen LogP contribution in [0.15, 0.2) is 54.6 Å². The molecule has 0 aliphatic heterocycles. The number of carbonyl (C=O) groups excluding carboxylic acids is 1. The second-order valence-electron chi connectivity index (χ2n) is 4.77. The van der Waals surface area contributed by atoms with Gasteiger partial charge < -0.3 is 4.74 Å². The summed E-state index contributed by atoms with van der Waals surface area (Å²) in [6.45, 7) is 0.0833. The number of rotatable bonds is 5. The Kier molecular flexibility index (Phi) is 5.20. The Morgan fingerprint density at radius 3 is 2.27 bits per heavy atom. The summed E-state index contributed by atoms with van der Waals surface area (Å²) in [7, 11) is 0. The van der Waals surface area contributed by atoms with Crippen LogP contribution < -0.4 is 0 Å². The van der Waals surface area contributed by atoms with Gasteiger partial charge in [0.05, 0.1) is 17.7 Å². The zero-order valence-electron chi connectivity index (χ0n) is 11.8. The molecule has 22 heavy (non-hydrogen) atoms. The van der Waals surface area contributed by atoms with Gasteiger partial charge in [-0.3, -0.25) is 0 Å². The van der Waals surface area contributed by atoms with E-state index < -0.39 is 23.3 Å². The van der Waals surface area contributed by atoms with Crippen molar-refractivity contribution in [3.05, 3.63) is 71.3 Å². The summed E-state index contributed by atoms with van der Waals surface area (Å²) < 4.78 is 43.4. The lowest BCUT2D eigenvalue weighted by Crippen LogP contribution is -2.15. The molecule has 0 saturated carbocycles. The number of hydrogen-bond donors (Lipinski definition) is 0. The highest BCUT2D eigenvalue weighted by Gasteiger charge is 2.35. The number of carbonyl (C=O) groups is 1. The van der Waals surface area contributed by atoms with Gasteiger partial charge in [0.15, 0.2) is 0 Å². The molecule has 0 aliphatic carbocycles. The third-order valence-corrected chi connectivity index (χ3v) is 3.14. The van der Waals surface area contributed by atoms with Crippen molar-refractivity contribution < 1.29 is 22.7 Å². The average Bonchev–Trinajstić information content (AvgIpc) is 2.51. The first-order valence-corrected chi connectivity index (χ1v) is 6.86. The van der Waals surface area contributed by atoms with Crippen LogP contribution in [-0.4, -0.2) is 12.6 Å². The Bertz CT molecular complexity index is 621. The zero-order valence-corrected chi connectivity index (χ0v) is 11.8. The maximum Gasteiger partial charge on any atom is 0.417 e. The molecule has 0 saturated heterocycles. The Labute approximate surface area is 126 Å². The number of aryl methyl sites for hydroxylation is 1. The fraction of sp³-hybridized carbons (Fsp3) is 0.235. The van der Waals surface area contributed by atoms with Crippen molar-refractivity contribution in [1.29, 1.82) is 0 Å². The highest BCUT2D eigenvalue weighted by Crippen LogP contribution is 2.32. The fourth-order valence-electron chi connectivity index (χ4n) is 2.07. The number of ether oxygens (including phenoxy) is 1. The van der Waals surface area contributed by atoms with E-state index in [-0.39, 0.29) is 6.61 Å². The van der Waals surface area contributed by atoms with Crippen LogP contribution in [0, 0.1) is 0 Å². The Hall–Kier alpha value is -2.30. The van der Waals surface area contributed by atoms with E-state index >= 15 is 0 Å². The van der Waals surface area contributed by atoms with E-state index in [0.29, 0.717) is 12.8 Å². The third kappa shape index (κ3) is 4.35. The van der Waals surface area contributed by atoms with Gasteiger partial charge in [-0.25, -0.2) is 4.79 Å². The van der Waals surface area contributed by atoms with Gasteiger partial charge in [0.25, 0.3) is 0 Å². The van der Waals surface area contributed by atoms with Gasteiger partial charge >= 0.3 is 12.1 Å². The molecule has 0 heterocycles. The van der Waals surface area contributed by atoms with Gasteiger partial charge in [-0.2, -0.15) is 13.2 Å².